The Morgan fingerprint density at radius 1 is 1.14 bits per heavy atom. The zero-order chi connectivity index (χ0) is 20.4. The molecule has 0 heterocycles. The molecule has 2 rings (SSSR count). The van der Waals surface area contributed by atoms with Crippen LogP contribution in [-0.2, 0) is 9.59 Å². The van der Waals surface area contributed by atoms with Crippen molar-refractivity contribution in [2.24, 2.45) is 0 Å². The zero-order valence-electron chi connectivity index (χ0n) is 16.2. The molecule has 1 aromatic carbocycles. The average Bonchev–Trinajstić information content (AvgIpc) is 2.70. The predicted molar refractivity (Wildman–Crippen MR) is 104 cm³/mol. The summed E-state index contributed by atoms with van der Waals surface area (Å²) in [5.41, 5.74) is 0.464. The molecule has 0 saturated heterocycles. The number of ether oxygens (including phenoxy) is 1. The minimum atomic E-state index is -1.14. The highest BCUT2D eigenvalue weighted by Crippen LogP contribution is 2.18. The molecule has 1 aliphatic carbocycles. The summed E-state index contributed by atoms with van der Waals surface area (Å²) >= 11 is 0. The normalized spacial score (nSPS) is 15.3. The van der Waals surface area contributed by atoms with Gasteiger partial charge in [-0.1, -0.05) is 31.4 Å². The number of amides is 3. The molecule has 0 spiro atoms. The lowest BCUT2D eigenvalue weighted by atomic mass is 9.96. The molecule has 1 unspecified atom stereocenters. The van der Waals surface area contributed by atoms with Crippen LogP contribution in [0.2, 0.25) is 0 Å². The number of carboxylic acid groups (broad SMARTS) is 1. The second-order valence-electron chi connectivity index (χ2n) is 6.95. The second kappa shape index (κ2) is 11.2. The van der Waals surface area contributed by atoms with Crippen LogP contribution in [0.1, 0.15) is 56.6 Å². The molecule has 8 nitrogen and oxygen atoms in total. The summed E-state index contributed by atoms with van der Waals surface area (Å²) in [6, 6.07) is 5.40. The Balaban J connectivity index is 1.70. The van der Waals surface area contributed by atoms with Gasteiger partial charge in [-0.25, -0.2) is 9.59 Å². The number of urea groups is 1. The van der Waals surface area contributed by atoms with Crippen molar-refractivity contribution in [2.45, 2.75) is 57.0 Å². The molecule has 0 aliphatic heterocycles. The largest absolute Gasteiger partial charge is 0.497 e. The van der Waals surface area contributed by atoms with Gasteiger partial charge in [0.1, 0.15) is 5.75 Å². The van der Waals surface area contributed by atoms with Gasteiger partial charge in [-0.15, -0.1) is 0 Å². The van der Waals surface area contributed by atoms with Crippen molar-refractivity contribution >= 4 is 17.9 Å². The molecular weight excluding hydrogens is 362 g/mol. The quantitative estimate of drug-likeness (QED) is 0.482. The van der Waals surface area contributed by atoms with Gasteiger partial charge in [0.05, 0.1) is 7.11 Å². The van der Waals surface area contributed by atoms with Gasteiger partial charge in [0.2, 0.25) is 5.91 Å². The van der Waals surface area contributed by atoms with Crippen LogP contribution in [0.15, 0.2) is 24.3 Å². The third kappa shape index (κ3) is 7.09. The van der Waals surface area contributed by atoms with E-state index in [0.29, 0.717) is 24.3 Å². The lowest BCUT2D eigenvalue weighted by molar-refractivity contribution is -0.142. The number of rotatable bonds is 9. The van der Waals surface area contributed by atoms with Crippen molar-refractivity contribution in [3.63, 3.8) is 0 Å². The highest BCUT2D eigenvalue weighted by molar-refractivity contribution is 5.84. The fraction of sp³-hybridized carbons (Fsp3) is 0.550. The SMILES string of the molecule is COc1ccc(C(NC(=O)CCCNC(=O)NC2CCCCC2)C(=O)O)cc1. The van der Waals surface area contributed by atoms with E-state index in [1.54, 1.807) is 24.3 Å². The minimum Gasteiger partial charge on any atom is -0.497 e. The molecule has 8 heteroatoms. The highest BCUT2D eigenvalue weighted by Gasteiger charge is 2.22. The fourth-order valence-electron chi connectivity index (χ4n) is 3.25. The maximum absolute atomic E-state index is 12.1. The van der Waals surface area contributed by atoms with E-state index in [1.165, 1.54) is 13.5 Å². The van der Waals surface area contributed by atoms with E-state index >= 15 is 0 Å². The maximum Gasteiger partial charge on any atom is 0.330 e. The highest BCUT2D eigenvalue weighted by atomic mass is 16.5. The maximum atomic E-state index is 12.1. The van der Waals surface area contributed by atoms with Gasteiger partial charge in [0, 0.05) is 19.0 Å². The standard InChI is InChI=1S/C20H29N3O5/c1-28-16-11-9-14(10-12-16)18(19(25)26)23-17(24)8-5-13-21-20(27)22-15-6-3-2-4-7-15/h9-12,15,18H,2-8,13H2,1H3,(H,23,24)(H,25,26)(H2,21,22,27). The molecule has 0 aromatic heterocycles. The minimum absolute atomic E-state index is 0.129. The van der Waals surface area contributed by atoms with Crippen LogP contribution in [0.3, 0.4) is 0 Å². The monoisotopic (exact) mass is 391 g/mol. The molecule has 1 atom stereocenters. The van der Waals surface area contributed by atoms with E-state index in [0.717, 1.165) is 25.7 Å². The summed E-state index contributed by atoms with van der Waals surface area (Å²) in [5.74, 6) is -0.905. The second-order valence-corrected chi connectivity index (χ2v) is 6.95. The topological polar surface area (TPSA) is 117 Å². The Morgan fingerprint density at radius 3 is 2.43 bits per heavy atom. The van der Waals surface area contributed by atoms with Crippen molar-refractivity contribution in [1.82, 2.24) is 16.0 Å². The summed E-state index contributed by atoms with van der Waals surface area (Å²) in [6.07, 6.45) is 6.09. The van der Waals surface area contributed by atoms with E-state index < -0.39 is 12.0 Å². The van der Waals surface area contributed by atoms with Crippen molar-refractivity contribution in [3.05, 3.63) is 29.8 Å². The lowest BCUT2D eigenvalue weighted by Gasteiger charge is -2.22. The third-order valence-electron chi connectivity index (χ3n) is 4.81. The Kier molecular flexibility index (Phi) is 8.58. The molecule has 3 amide bonds. The smallest absolute Gasteiger partial charge is 0.330 e. The van der Waals surface area contributed by atoms with Gasteiger partial charge in [0.25, 0.3) is 0 Å². The summed E-state index contributed by atoms with van der Waals surface area (Å²) in [7, 11) is 1.52. The number of aliphatic carboxylic acids is 1. The number of carbonyl (C=O) groups excluding carboxylic acids is 2. The first kappa shape index (κ1) is 21.5. The summed E-state index contributed by atoms with van der Waals surface area (Å²) < 4.78 is 5.05. The Labute approximate surface area is 165 Å². The molecule has 1 fully saturated rings. The van der Waals surface area contributed by atoms with Crippen molar-refractivity contribution < 1.29 is 24.2 Å². The first-order valence-corrected chi connectivity index (χ1v) is 9.70. The van der Waals surface area contributed by atoms with Gasteiger partial charge in [-0.05, 0) is 37.0 Å². The van der Waals surface area contributed by atoms with E-state index in [1.807, 2.05) is 0 Å². The molecule has 1 saturated carbocycles. The number of nitrogens with one attached hydrogen (secondary N) is 3. The zero-order valence-corrected chi connectivity index (χ0v) is 16.2. The fourth-order valence-corrected chi connectivity index (χ4v) is 3.25. The van der Waals surface area contributed by atoms with Crippen LogP contribution >= 0.6 is 0 Å². The van der Waals surface area contributed by atoms with Crippen LogP contribution in [-0.4, -0.2) is 42.7 Å². The first-order chi connectivity index (χ1) is 13.5. The number of hydrogen-bond acceptors (Lipinski definition) is 4. The Morgan fingerprint density at radius 2 is 1.82 bits per heavy atom. The van der Waals surface area contributed by atoms with E-state index in [-0.39, 0.29) is 24.4 Å². The van der Waals surface area contributed by atoms with Crippen molar-refractivity contribution in [3.8, 4) is 5.75 Å². The summed E-state index contributed by atoms with van der Waals surface area (Å²) in [6.45, 7) is 0.353. The number of hydrogen-bond donors (Lipinski definition) is 4. The van der Waals surface area contributed by atoms with Gasteiger partial charge >= 0.3 is 12.0 Å². The predicted octanol–water partition coefficient (Wildman–Crippen LogP) is 2.35. The third-order valence-corrected chi connectivity index (χ3v) is 4.81. The molecule has 28 heavy (non-hydrogen) atoms. The Bertz CT molecular complexity index is 656. The van der Waals surface area contributed by atoms with E-state index in [2.05, 4.69) is 16.0 Å². The van der Waals surface area contributed by atoms with E-state index in [4.69, 9.17) is 4.74 Å². The lowest BCUT2D eigenvalue weighted by Crippen LogP contribution is -2.43. The number of methoxy groups -OCH3 is 1. The summed E-state index contributed by atoms with van der Waals surface area (Å²) in [5, 5.41) is 17.6. The molecular formula is C20H29N3O5. The molecule has 4 N–H and O–H groups in total. The van der Waals surface area contributed by atoms with Gasteiger partial charge < -0.3 is 25.8 Å². The van der Waals surface area contributed by atoms with Crippen LogP contribution in [0, 0.1) is 0 Å². The van der Waals surface area contributed by atoms with Gasteiger partial charge in [-0.3, -0.25) is 4.79 Å². The van der Waals surface area contributed by atoms with Gasteiger partial charge in [-0.2, -0.15) is 0 Å². The molecule has 1 aromatic rings. The van der Waals surface area contributed by atoms with Crippen LogP contribution in [0.25, 0.3) is 0 Å². The molecule has 1 aliphatic rings. The number of carboxylic acids is 1. The molecule has 0 bridgehead atoms. The number of benzene rings is 1. The van der Waals surface area contributed by atoms with Crippen LogP contribution < -0.4 is 20.7 Å². The Hall–Kier alpha value is -2.77. The molecule has 0 radical (unpaired) electrons. The average molecular weight is 391 g/mol. The van der Waals surface area contributed by atoms with Crippen LogP contribution in [0.4, 0.5) is 4.79 Å². The van der Waals surface area contributed by atoms with Gasteiger partial charge in [0.15, 0.2) is 6.04 Å². The number of carbonyl (C=O) groups is 3. The van der Waals surface area contributed by atoms with Crippen LogP contribution in [0.5, 0.6) is 5.75 Å². The van der Waals surface area contributed by atoms with Crippen molar-refractivity contribution in [1.29, 1.82) is 0 Å². The summed E-state index contributed by atoms with van der Waals surface area (Å²) in [4.78, 5) is 35.4. The van der Waals surface area contributed by atoms with Crippen molar-refractivity contribution in [2.75, 3.05) is 13.7 Å². The molecule has 154 valence electrons. The van der Waals surface area contributed by atoms with E-state index in [9.17, 15) is 19.5 Å². The first-order valence-electron chi connectivity index (χ1n) is 9.70.